The maximum Gasteiger partial charge on any atom is 0.371 e. The average Bonchev–Trinajstić information content (AvgIpc) is 2.90. The predicted octanol–water partition coefficient (Wildman–Crippen LogP) is 2.28. The minimum Gasteiger partial charge on any atom is -0.475 e. The molecule has 6 nitrogen and oxygen atoms in total. The van der Waals surface area contributed by atoms with Gasteiger partial charge in [0.1, 0.15) is 0 Å². The van der Waals surface area contributed by atoms with Crippen LogP contribution in [0.25, 0.3) is 0 Å². The number of aromatic carboxylic acids is 1. The first-order chi connectivity index (χ1) is 9.81. The quantitative estimate of drug-likeness (QED) is 0.751. The summed E-state index contributed by atoms with van der Waals surface area (Å²) in [6.45, 7) is 0. The minimum absolute atomic E-state index is 0.431. The largest absolute Gasteiger partial charge is 0.475 e. The number of hydrogen-bond acceptors (Lipinski definition) is 4. The number of hydrogen-bond donors (Lipinski definition) is 3. The Balaban J connectivity index is 0.000000211. The highest BCUT2D eigenvalue weighted by Gasteiger charge is 2.15. The molecule has 0 radical (unpaired) electrons. The van der Waals surface area contributed by atoms with Crippen molar-refractivity contribution in [1.29, 1.82) is 0 Å². The molecule has 0 bridgehead atoms. The van der Waals surface area contributed by atoms with Crippen LogP contribution in [0, 0.1) is 0 Å². The Morgan fingerprint density at radius 3 is 2.00 bits per heavy atom. The normalized spacial score (nSPS) is 9.86. The number of primary amides is 1. The van der Waals surface area contributed by atoms with Gasteiger partial charge in [-0.1, -0.05) is 0 Å². The summed E-state index contributed by atoms with van der Waals surface area (Å²) in [5.74, 6) is -2.88. The number of rotatable bonds is 3. The van der Waals surface area contributed by atoms with Gasteiger partial charge in [-0.05, 0) is 36.4 Å². The first-order valence-corrected chi connectivity index (χ1v) is 5.57. The second kappa shape index (κ2) is 7.04. The van der Waals surface area contributed by atoms with Gasteiger partial charge in [0.15, 0.2) is 5.76 Å². The maximum absolute atomic E-state index is 11.8. The molecule has 0 saturated carbocycles. The van der Waals surface area contributed by atoms with Crippen LogP contribution in [-0.2, 0) is 0 Å². The van der Waals surface area contributed by atoms with Crippen molar-refractivity contribution in [1.82, 2.24) is 0 Å². The zero-order chi connectivity index (χ0) is 16.0. The molecule has 1 aromatic carbocycles. The number of nitrogens with two attached hydrogens (primary N) is 2. The third kappa shape index (κ3) is 4.94. The first kappa shape index (κ1) is 16.2. The Morgan fingerprint density at radius 1 is 1.10 bits per heavy atom. The molecule has 0 aliphatic carbocycles. The van der Waals surface area contributed by atoms with Crippen LogP contribution in [0.2, 0.25) is 0 Å². The molecule has 2 rings (SSSR count). The average molecular weight is 298 g/mol. The number of benzene rings is 1. The van der Waals surface area contributed by atoms with Gasteiger partial charge < -0.3 is 21.0 Å². The molecule has 0 atom stereocenters. The Labute approximate surface area is 118 Å². The molecule has 1 aromatic heterocycles. The lowest BCUT2D eigenvalue weighted by Crippen LogP contribution is -2.10. The molecule has 1 amide bonds. The van der Waals surface area contributed by atoms with E-state index in [0.29, 0.717) is 11.3 Å². The summed E-state index contributed by atoms with van der Waals surface area (Å²) in [6.07, 6.45) is -2.76. The van der Waals surface area contributed by atoms with Gasteiger partial charge >= 0.3 is 5.97 Å². The van der Waals surface area contributed by atoms with Gasteiger partial charge in [0.05, 0.1) is 0 Å². The molecule has 0 saturated heterocycles. The third-order valence-electron chi connectivity index (χ3n) is 2.25. The van der Waals surface area contributed by atoms with Crippen LogP contribution in [-0.4, -0.2) is 17.0 Å². The molecule has 112 valence electrons. The van der Waals surface area contributed by atoms with Crippen LogP contribution in [0.15, 0.2) is 40.8 Å². The van der Waals surface area contributed by atoms with Crippen LogP contribution in [0.4, 0.5) is 14.5 Å². The molecule has 0 aliphatic heterocycles. The number of halogens is 2. The molecule has 21 heavy (non-hydrogen) atoms. The summed E-state index contributed by atoms with van der Waals surface area (Å²) >= 11 is 0. The molecular formula is C13H12F2N2O4. The fourth-order valence-corrected chi connectivity index (χ4v) is 1.23. The molecular weight excluding hydrogens is 286 g/mol. The Hall–Kier alpha value is -2.90. The van der Waals surface area contributed by atoms with E-state index in [9.17, 15) is 18.4 Å². The van der Waals surface area contributed by atoms with E-state index in [2.05, 4.69) is 4.42 Å². The predicted molar refractivity (Wildman–Crippen MR) is 70.0 cm³/mol. The molecule has 8 heteroatoms. The zero-order valence-corrected chi connectivity index (χ0v) is 10.6. The Bertz CT molecular complexity index is 623. The van der Waals surface area contributed by atoms with Gasteiger partial charge in [-0.15, -0.1) is 0 Å². The highest BCUT2D eigenvalue weighted by Crippen LogP contribution is 2.20. The number of carboxylic acid groups (broad SMARTS) is 1. The van der Waals surface area contributed by atoms with E-state index in [1.54, 1.807) is 24.3 Å². The molecule has 0 aliphatic rings. The van der Waals surface area contributed by atoms with Gasteiger partial charge in [-0.3, -0.25) is 4.79 Å². The topological polar surface area (TPSA) is 120 Å². The van der Waals surface area contributed by atoms with Crippen molar-refractivity contribution in [3.8, 4) is 0 Å². The van der Waals surface area contributed by atoms with Gasteiger partial charge in [-0.25, -0.2) is 13.6 Å². The fraction of sp³-hybridized carbons (Fsp3) is 0.0769. The number of amides is 1. The summed E-state index contributed by atoms with van der Waals surface area (Å²) in [5.41, 5.74) is 11.5. The van der Waals surface area contributed by atoms with Crippen LogP contribution >= 0.6 is 0 Å². The van der Waals surface area contributed by atoms with E-state index in [-0.39, 0.29) is 0 Å². The van der Waals surface area contributed by atoms with Crippen LogP contribution in [0.3, 0.4) is 0 Å². The van der Waals surface area contributed by atoms with Crippen molar-refractivity contribution < 1.29 is 27.9 Å². The lowest BCUT2D eigenvalue weighted by Gasteiger charge is -1.93. The summed E-state index contributed by atoms with van der Waals surface area (Å²) < 4.78 is 27.8. The number of alkyl halides is 2. The summed E-state index contributed by atoms with van der Waals surface area (Å²) in [4.78, 5) is 20.6. The Morgan fingerprint density at radius 2 is 1.67 bits per heavy atom. The molecule has 1 heterocycles. The van der Waals surface area contributed by atoms with E-state index in [0.717, 1.165) is 12.1 Å². The molecule has 0 unspecified atom stereocenters. The van der Waals surface area contributed by atoms with Gasteiger partial charge in [-0.2, -0.15) is 0 Å². The van der Waals surface area contributed by atoms with Crippen molar-refractivity contribution in [3.05, 3.63) is 53.5 Å². The number of carboxylic acids is 1. The van der Waals surface area contributed by atoms with Crippen molar-refractivity contribution in [2.75, 3.05) is 5.73 Å². The number of carbonyl (C=O) groups is 2. The standard InChI is InChI=1S/C7H8N2O.C6H4F2O3/c8-6-3-1-5(2-4-6)7(9)10;7-5(8)3-1-2-4(11-3)6(9)10/h1-4H,8H2,(H2,9,10);1-2,5H,(H,9,10). The van der Waals surface area contributed by atoms with Crippen LogP contribution in [0.1, 0.15) is 33.1 Å². The van der Waals surface area contributed by atoms with E-state index < -0.39 is 29.8 Å². The molecule has 0 fully saturated rings. The second-order valence-electron chi connectivity index (χ2n) is 3.79. The monoisotopic (exact) mass is 298 g/mol. The van der Waals surface area contributed by atoms with Crippen molar-refractivity contribution in [2.24, 2.45) is 5.73 Å². The highest BCUT2D eigenvalue weighted by atomic mass is 19.3. The van der Waals surface area contributed by atoms with Crippen molar-refractivity contribution >= 4 is 17.6 Å². The third-order valence-corrected chi connectivity index (χ3v) is 2.25. The number of furan rings is 1. The minimum atomic E-state index is -2.76. The second-order valence-corrected chi connectivity index (χ2v) is 3.79. The first-order valence-electron chi connectivity index (χ1n) is 5.57. The van der Waals surface area contributed by atoms with E-state index in [1.807, 2.05) is 0 Å². The van der Waals surface area contributed by atoms with Crippen molar-refractivity contribution in [3.63, 3.8) is 0 Å². The Kier molecular flexibility index (Phi) is 5.41. The van der Waals surface area contributed by atoms with E-state index >= 15 is 0 Å². The zero-order valence-electron chi connectivity index (χ0n) is 10.6. The van der Waals surface area contributed by atoms with Gasteiger partial charge in [0.25, 0.3) is 6.43 Å². The van der Waals surface area contributed by atoms with Gasteiger partial charge in [0, 0.05) is 11.3 Å². The fourth-order valence-electron chi connectivity index (χ4n) is 1.23. The number of anilines is 1. The van der Waals surface area contributed by atoms with E-state index in [1.165, 1.54) is 0 Å². The number of nitrogen functional groups attached to an aromatic ring is 1. The highest BCUT2D eigenvalue weighted by molar-refractivity contribution is 5.93. The lowest BCUT2D eigenvalue weighted by atomic mass is 10.2. The van der Waals surface area contributed by atoms with Crippen LogP contribution in [0.5, 0.6) is 0 Å². The smallest absolute Gasteiger partial charge is 0.371 e. The lowest BCUT2D eigenvalue weighted by molar-refractivity contribution is 0.0644. The van der Waals surface area contributed by atoms with Crippen molar-refractivity contribution in [2.45, 2.75) is 6.43 Å². The summed E-state index contributed by atoms with van der Waals surface area (Å²) in [6, 6.07) is 8.40. The molecule has 5 N–H and O–H groups in total. The maximum atomic E-state index is 11.8. The van der Waals surface area contributed by atoms with Gasteiger partial charge in [0.2, 0.25) is 11.7 Å². The molecule has 2 aromatic rings. The van der Waals surface area contributed by atoms with Crippen LogP contribution < -0.4 is 11.5 Å². The SMILES string of the molecule is NC(=O)c1ccc(N)cc1.O=C(O)c1ccc(C(F)F)o1. The molecule has 0 spiro atoms. The summed E-state index contributed by atoms with van der Waals surface area (Å²) in [7, 11) is 0. The van der Waals surface area contributed by atoms with E-state index in [4.69, 9.17) is 16.6 Å². The summed E-state index contributed by atoms with van der Waals surface area (Å²) in [5, 5.41) is 8.24. The number of carbonyl (C=O) groups excluding carboxylic acids is 1.